The molecule has 13 nitrogen and oxygen atoms in total. The summed E-state index contributed by atoms with van der Waals surface area (Å²) >= 11 is 0. The van der Waals surface area contributed by atoms with Crippen LogP contribution < -0.4 is 0 Å². The number of esters is 5. The molecule has 0 spiro atoms. The van der Waals surface area contributed by atoms with E-state index < -0.39 is 78.9 Å². The third-order valence-electron chi connectivity index (χ3n) is 4.87. The lowest BCUT2D eigenvalue weighted by molar-refractivity contribution is -0.320. The number of carbonyl (C=O) groups is 5. The van der Waals surface area contributed by atoms with E-state index in [4.69, 9.17) is 33.2 Å². The maximum absolute atomic E-state index is 11.9. The van der Waals surface area contributed by atoms with Crippen LogP contribution in [0.1, 0.15) is 41.0 Å². The average Bonchev–Trinajstić information content (AvgIpc) is 3.12. The highest BCUT2D eigenvalue weighted by Crippen LogP contribution is 2.36. The lowest BCUT2D eigenvalue weighted by Gasteiger charge is -2.45. The first-order chi connectivity index (χ1) is 16.4. The summed E-state index contributed by atoms with van der Waals surface area (Å²) in [7, 11) is 0. The Morgan fingerprint density at radius 2 is 1.40 bits per heavy atom. The van der Waals surface area contributed by atoms with Crippen LogP contribution in [0.3, 0.4) is 0 Å². The van der Waals surface area contributed by atoms with Crippen molar-refractivity contribution in [2.45, 2.75) is 83.5 Å². The number of nitrogens with zero attached hydrogens (tertiary/aromatic N) is 1. The van der Waals surface area contributed by atoms with Crippen molar-refractivity contribution in [3.8, 4) is 6.07 Å². The van der Waals surface area contributed by atoms with E-state index in [-0.39, 0.29) is 6.42 Å². The van der Waals surface area contributed by atoms with Crippen molar-refractivity contribution in [1.82, 2.24) is 0 Å². The second kappa shape index (κ2) is 11.8. The predicted octanol–water partition coefficient (Wildman–Crippen LogP) is 0.240. The lowest BCUT2D eigenvalue weighted by atomic mass is 9.97. The molecule has 35 heavy (non-hydrogen) atoms. The van der Waals surface area contributed by atoms with E-state index in [2.05, 4.69) is 0 Å². The van der Waals surface area contributed by atoms with Gasteiger partial charge < -0.3 is 33.2 Å². The van der Waals surface area contributed by atoms with Crippen LogP contribution in [-0.4, -0.2) is 78.9 Å². The quantitative estimate of drug-likeness (QED) is 0.254. The second-order valence-electron chi connectivity index (χ2n) is 7.90. The van der Waals surface area contributed by atoms with Gasteiger partial charge in [-0.15, -0.1) is 0 Å². The number of hydrogen-bond donors (Lipinski definition) is 0. The summed E-state index contributed by atoms with van der Waals surface area (Å²) in [5.74, 6) is -3.63. The van der Waals surface area contributed by atoms with E-state index in [0.717, 1.165) is 27.7 Å². The van der Waals surface area contributed by atoms with Crippen LogP contribution in [0.15, 0.2) is 12.2 Å². The molecule has 0 amide bonds. The van der Waals surface area contributed by atoms with Crippen LogP contribution in [0.5, 0.6) is 0 Å². The molecule has 2 rings (SSSR count). The van der Waals surface area contributed by atoms with Gasteiger partial charge in [-0.05, 0) is 12.2 Å². The molecule has 0 radical (unpaired) electrons. The van der Waals surface area contributed by atoms with E-state index in [9.17, 15) is 29.2 Å². The van der Waals surface area contributed by atoms with Crippen LogP contribution in [0.25, 0.3) is 0 Å². The summed E-state index contributed by atoms with van der Waals surface area (Å²) in [5, 5.41) is 9.84. The van der Waals surface area contributed by atoms with Crippen molar-refractivity contribution < 1.29 is 57.1 Å². The number of nitriles is 1. The smallest absolute Gasteiger partial charge is 0.303 e. The molecule has 1 heterocycles. The van der Waals surface area contributed by atoms with Crippen molar-refractivity contribution in [2.24, 2.45) is 0 Å². The fraction of sp³-hybridized carbons (Fsp3) is 0.636. The van der Waals surface area contributed by atoms with E-state index in [0.29, 0.717) is 0 Å². The Balaban J connectivity index is 2.45. The molecule has 0 bridgehead atoms. The Kier molecular flexibility index (Phi) is 9.32. The normalized spacial score (nSPS) is 31.5. The van der Waals surface area contributed by atoms with Crippen molar-refractivity contribution in [2.75, 3.05) is 6.61 Å². The minimum absolute atomic E-state index is 0.101. The fourth-order valence-electron chi connectivity index (χ4n) is 3.68. The maximum atomic E-state index is 11.9. The summed E-state index contributed by atoms with van der Waals surface area (Å²) in [4.78, 5) is 58.3. The Labute approximate surface area is 201 Å². The molecule has 0 aromatic heterocycles. The van der Waals surface area contributed by atoms with E-state index in [1.807, 2.05) is 6.07 Å². The molecule has 0 aromatic rings. The Morgan fingerprint density at radius 1 is 0.857 bits per heavy atom. The van der Waals surface area contributed by atoms with E-state index >= 15 is 0 Å². The third kappa shape index (κ3) is 7.76. The van der Waals surface area contributed by atoms with Gasteiger partial charge in [0.2, 0.25) is 6.29 Å². The zero-order valence-corrected chi connectivity index (χ0v) is 19.9. The van der Waals surface area contributed by atoms with Crippen LogP contribution in [0, 0.1) is 11.3 Å². The predicted molar refractivity (Wildman–Crippen MR) is 111 cm³/mol. The number of rotatable bonds is 8. The van der Waals surface area contributed by atoms with E-state index in [1.54, 1.807) is 0 Å². The molecule has 0 N–H and O–H groups in total. The standard InChI is InChI=1S/C22H27NO12/c1-11(24)29-9-17-18(31-13(3)26)19(32-14(4)27)20(33-15(5)28)21(34-17)35-22(10-23)7-6-16(8-22)30-12(2)25/h6-7,16-21H,8-9H2,1-5H3/t16-,17+,18+,19-,20+,21-,22+/m0/s1. The lowest BCUT2D eigenvalue weighted by Crippen LogP contribution is -2.64. The first kappa shape index (κ1) is 27.7. The summed E-state index contributed by atoms with van der Waals surface area (Å²) in [6.07, 6.45) is -5.11. The Hall–Kier alpha value is -3.50. The van der Waals surface area contributed by atoms with Crippen LogP contribution in [-0.2, 0) is 57.1 Å². The van der Waals surface area contributed by atoms with E-state index in [1.165, 1.54) is 19.1 Å². The second-order valence-corrected chi connectivity index (χ2v) is 7.90. The first-order valence-corrected chi connectivity index (χ1v) is 10.6. The maximum Gasteiger partial charge on any atom is 0.303 e. The molecular weight excluding hydrogens is 470 g/mol. The van der Waals surface area contributed by atoms with Crippen LogP contribution >= 0.6 is 0 Å². The first-order valence-electron chi connectivity index (χ1n) is 10.6. The topological polar surface area (TPSA) is 174 Å². The summed E-state index contributed by atoms with van der Waals surface area (Å²) in [5.41, 5.74) is -1.68. The average molecular weight is 497 g/mol. The molecule has 13 heteroatoms. The highest BCUT2D eigenvalue weighted by Gasteiger charge is 2.55. The molecule has 1 aliphatic heterocycles. The van der Waals surface area contributed by atoms with Crippen LogP contribution in [0.4, 0.5) is 0 Å². The number of hydrogen-bond acceptors (Lipinski definition) is 13. The highest BCUT2D eigenvalue weighted by molar-refractivity contribution is 5.69. The number of carbonyl (C=O) groups excluding carboxylic acids is 5. The molecule has 7 atom stereocenters. The Bertz CT molecular complexity index is 924. The molecule has 1 fully saturated rings. The number of ether oxygens (including phenoxy) is 7. The molecule has 0 aromatic carbocycles. The van der Waals surface area contributed by atoms with Gasteiger partial charge in [-0.3, -0.25) is 24.0 Å². The molecule has 192 valence electrons. The summed E-state index contributed by atoms with van der Waals surface area (Å²) in [6, 6.07) is 1.97. The van der Waals surface area contributed by atoms with Gasteiger partial charge in [0.25, 0.3) is 0 Å². The van der Waals surface area contributed by atoms with Crippen molar-refractivity contribution >= 4 is 29.8 Å². The van der Waals surface area contributed by atoms with Crippen molar-refractivity contribution in [1.29, 1.82) is 5.26 Å². The summed E-state index contributed by atoms with van der Waals surface area (Å²) < 4.78 is 37.8. The van der Waals surface area contributed by atoms with Gasteiger partial charge in [0.15, 0.2) is 23.9 Å². The van der Waals surface area contributed by atoms with Crippen molar-refractivity contribution in [3.63, 3.8) is 0 Å². The molecule has 0 saturated carbocycles. The minimum atomic E-state index is -1.68. The monoisotopic (exact) mass is 497 g/mol. The third-order valence-corrected chi connectivity index (χ3v) is 4.87. The molecule has 2 aliphatic rings. The van der Waals surface area contributed by atoms with Crippen LogP contribution in [0.2, 0.25) is 0 Å². The van der Waals surface area contributed by atoms with Gasteiger partial charge in [0.05, 0.1) is 0 Å². The zero-order chi connectivity index (χ0) is 26.3. The molecular formula is C22H27NO12. The SMILES string of the molecule is CC(=O)OC[C@H]1O[C@@H](O[C@]2(C#N)C=C[C@H](OC(C)=O)C2)[C@H](OC(C)=O)[C@@H](OC(C)=O)[C@@H]1OC(C)=O. The highest BCUT2D eigenvalue weighted by atomic mass is 16.7. The van der Waals surface area contributed by atoms with Gasteiger partial charge >= 0.3 is 29.8 Å². The van der Waals surface area contributed by atoms with Gasteiger partial charge in [0, 0.05) is 41.0 Å². The zero-order valence-electron chi connectivity index (χ0n) is 19.9. The summed E-state index contributed by atoms with van der Waals surface area (Å²) in [6.45, 7) is 5.18. The molecule has 0 unspecified atom stereocenters. The van der Waals surface area contributed by atoms with Gasteiger partial charge in [-0.1, -0.05) is 0 Å². The van der Waals surface area contributed by atoms with Crippen molar-refractivity contribution in [3.05, 3.63) is 12.2 Å². The molecule has 1 aliphatic carbocycles. The molecule has 1 saturated heterocycles. The van der Waals surface area contributed by atoms with Gasteiger partial charge in [-0.2, -0.15) is 5.26 Å². The van der Waals surface area contributed by atoms with Gasteiger partial charge in [-0.25, -0.2) is 0 Å². The largest absolute Gasteiger partial charge is 0.463 e. The Morgan fingerprint density at radius 3 is 1.91 bits per heavy atom. The van der Waals surface area contributed by atoms with Gasteiger partial charge in [0.1, 0.15) is 24.9 Å². The minimum Gasteiger partial charge on any atom is -0.463 e. The fourth-order valence-corrected chi connectivity index (χ4v) is 3.68.